The maximum atomic E-state index is 13.2. The first kappa shape index (κ1) is 25.6. The van der Waals surface area contributed by atoms with E-state index in [1.165, 1.54) is 32.1 Å². The molecule has 0 aliphatic carbocycles. The predicted octanol–water partition coefficient (Wildman–Crippen LogP) is 4.94. The van der Waals surface area contributed by atoms with Crippen LogP contribution in [0.15, 0.2) is 77.0 Å². The van der Waals surface area contributed by atoms with Gasteiger partial charge in [0, 0.05) is 17.7 Å². The fourth-order valence-electron chi connectivity index (χ4n) is 3.97. The Hall–Kier alpha value is -4.00. The van der Waals surface area contributed by atoms with Crippen LogP contribution in [0, 0.1) is 0 Å². The highest BCUT2D eigenvalue weighted by Crippen LogP contribution is 2.29. The molecule has 3 rings (SSSR count). The van der Waals surface area contributed by atoms with Gasteiger partial charge in [-0.25, -0.2) is 0 Å². The number of carbonyl (C=O) groups is 2. The summed E-state index contributed by atoms with van der Waals surface area (Å²) in [6.07, 6.45) is 3.71. The van der Waals surface area contributed by atoms with Crippen molar-refractivity contribution >= 4 is 17.9 Å². The van der Waals surface area contributed by atoms with E-state index >= 15 is 0 Å². The zero-order valence-electron chi connectivity index (χ0n) is 20.8. The van der Waals surface area contributed by atoms with Gasteiger partial charge < -0.3 is 24.5 Å². The number of benzene rings is 2. The monoisotopic (exact) mass is 476 g/mol. The van der Waals surface area contributed by atoms with E-state index in [-0.39, 0.29) is 17.2 Å². The highest BCUT2D eigenvalue weighted by atomic mass is 16.5. The average Bonchev–Trinajstić information content (AvgIpc) is 3.36. The number of amides is 2. The van der Waals surface area contributed by atoms with Gasteiger partial charge in [-0.15, -0.1) is 0 Å². The van der Waals surface area contributed by atoms with E-state index in [0.29, 0.717) is 29.2 Å². The van der Waals surface area contributed by atoms with Crippen LogP contribution >= 0.6 is 0 Å². The molecule has 0 saturated heterocycles. The lowest BCUT2D eigenvalue weighted by Crippen LogP contribution is -2.41. The van der Waals surface area contributed by atoms with E-state index in [0.717, 1.165) is 0 Å². The first-order valence-electron chi connectivity index (χ1n) is 11.4. The van der Waals surface area contributed by atoms with Crippen molar-refractivity contribution in [1.82, 2.24) is 10.6 Å². The van der Waals surface area contributed by atoms with Gasteiger partial charge in [-0.05, 0) is 54.7 Å². The highest BCUT2D eigenvalue weighted by Gasteiger charge is 2.25. The SMILES string of the molecule is COc1ccc(C(=O)N/C(=C\c2ccco2)C(=O)N[C@@H](C)CC(C)(C)c2ccccc2)cc1OC. The standard InChI is InChI=1S/C28H32N2O5/c1-19(18-28(2,3)21-10-7-6-8-11-21)29-27(32)23(17-22-12-9-15-35-22)30-26(31)20-13-14-24(33-4)25(16-20)34-5/h6-17,19H,18H2,1-5H3,(H,29,32)(H,30,31)/b23-17-/t19-/m0/s1. The van der Waals surface area contributed by atoms with Crippen molar-refractivity contribution in [3.8, 4) is 11.5 Å². The van der Waals surface area contributed by atoms with Crippen molar-refractivity contribution in [2.75, 3.05) is 14.2 Å². The van der Waals surface area contributed by atoms with Gasteiger partial charge in [-0.3, -0.25) is 9.59 Å². The summed E-state index contributed by atoms with van der Waals surface area (Å²) in [5, 5.41) is 5.72. The van der Waals surface area contributed by atoms with Crippen molar-refractivity contribution in [1.29, 1.82) is 0 Å². The van der Waals surface area contributed by atoms with E-state index in [4.69, 9.17) is 13.9 Å². The number of methoxy groups -OCH3 is 2. The summed E-state index contributed by atoms with van der Waals surface area (Å²) >= 11 is 0. The number of carbonyl (C=O) groups excluding carboxylic acids is 2. The van der Waals surface area contributed by atoms with E-state index in [9.17, 15) is 9.59 Å². The normalized spacial score (nSPS) is 12.5. The fraction of sp³-hybridized carbons (Fsp3) is 0.286. The molecule has 35 heavy (non-hydrogen) atoms. The molecular formula is C28H32N2O5. The second-order valence-corrected chi connectivity index (χ2v) is 8.93. The summed E-state index contributed by atoms with van der Waals surface area (Å²) in [4.78, 5) is 26.2. The molecule has 1 heterocycles. The molecule has 0 unspecified atom stereocenters. The van der Waals surface area contributed by atoms with Gasteiger partial charge >= 0.3 is 0 Å². The molecule has 1 atom stereocenters. The van der Waals surface area contributed by atoms with Crippen molar-refractivity contribution in [2.45, 2.75) is 38.6 Å². The molecule has 3 aromatic rings. The lowest BCUT2D eigenvalue weighted by molar-refractivity contribution is -0.118. The smallest absolute Gasteiger partial charge is 0.268 e. The van der Waals surface area contributed by atoms with Crippen LogP contribution in [0.3, 0.4) is 0 Å². The number of nitrogens with one attached hydrogen (secondary N) is 2. The Labute approximate surface area is 206 Å². The average molecular weight is 477 g/mol. The van der Waals surface area contributed by atoms with Gasteiger partial charge in [-0.2, -0.15) is 0 Å². The van der Waals surface area contributed by atoms with Gasteiger partial charge in [0.1, 0.15) is 11.5 Å². The minimum Gasteiger partial charge on any atom is -0.493 e. The third kappa shape index (κ3) is 6.76. The van der Waals surface area contributed by atoms with Crippen LogP contribution in [-0.4, -0.2) is 32.1 Å². The van der Waals surface area contributed by atoms with Crippen molar-refractivity contribution in [2.24, 2.45) is 0 Å². The molecular weight excluding hydrogens is 444 g/mol. The van der Waals surface area contributed by atoms with E-state index in [1.807, 2.05) is 25.1 Å². The van der Waals surface area contributed by atoms with Crippen LogP contribution < -0.4 is 20.1 Å². The first-order chi connectivity index (χ1) is 16.7. The molecule has 0 radical (unpaired) electrons. The Balaban J connectivity index is 1.77. The molecule has 0 fully saturated rings. The van der Waals surface area contributed by atoms with Crippen LogP contribution in [0.4, 0.5) is 0 Å². The molecule has 0 bridgehead atoms. The summed E-state index contributed by atoms with van der Waals surface area (Å²) in [6, 6.07) is 18.2. The van der Waals surface area contributed by atoms with Crippen LogP contribution in [0.1, 0.15) is 48.9 Å². The molecule has 0 spiro atoms. The highest BCUT2D eigenvalue weighted by molar-refractivity contribution is 6.05. The molecule has 2 aromatic carbocycles. The fourth-order valence-corrected chi connectivity index (χ4v) is 3.97. The topological polar surface area (TPSA) is 89.8 Å². The zero-order chi connectivity index (χ0) is 25.4. The van der Waals surface area contributed by atoms with Gasteiger partial charge in [-0.1, -0.05) is 44.2 Å². The Kier molecular flexibility index (Phi) is 8.36. The molecule has 2 N–H and O–H groups in total. The van der Waals surface area contributed by atoms with Gasteiger partial charge in [0.25, 0.3) is 11.8 Å². The summed E-state index contributed by atoms with van der Waals surface area (Å²) in [5.41, 5.74) is 1.43. The van der Waals surface area contributed by atoms with Crippen molar-refractivity contribution in [3.63, 3.8) is 0 Å². The van der Waals surface area contributed by atoms with E-state index in [1.54, 1.807) is 30.3 Å². The number of rotatable bonds is 10. The minimum atomic E-state index is -0.462. The van der Waals surface area contributed by atoms with Crippen LogP contribution in [0.25, 0.3) is 6.08 Å². The van der Waals surface area contributed by atoms with Crippen molar-refractivity contribution < 1.29 is 23.5 Å². The molecule has 7 heteroatoms. The molecule has 0 aliphatic heterocycles. The largest absolute Gasteiger partial charge is 0.493 e. The third-order valence-corrected chi connectivity index (χ3v) is 5.72. The Morgan fingerprint density at radius 1 is 1.00 bits per heavy atom. The predicted molar refractivity (Wildman–Crippen MR) is 135 cm³/mol. The Morgan fingerprint density at radius 2 is 1.71 bits per heavy atom. The second-order valence-electron chi connectivity index (χ2n) is 8.93. The molecule has 2 amide bonds. The number of ether oxygens (including phenoxy) is 2. The summed E-state index contributed by atoms with van der Waals surface area (Å²) < 4.78 is 15.9. The Morgan fingerprint density at radius 3 is 2.34 bits per heavy atom. The molecule has 7 nitrogen and oxygen atoms in total. The third-order valence-electron chi connectivity index (χ3n) is 5.72. The maximum Gasteiger partial charge on any atom is 0.268 e. The molecule has 0 saturated carbocycles. The van der Waals surface area contributed by atoms with Crippen LogP contribution in [0.2, 0.25) is 0 Å². The lowest BCUT2D eigenvalue weighted by Gasteiger charge is -2.29. The van der Waals surface area contributed by atoms with E-state index < -0.39 is 11.8 Å². The first-order valence-corrected chi connectivity index (χ1v) is 11.4. The second kappa shape index (κ2) is 11.4. The van der Waals surface area contributed by atoms with Crippen LogP contribution in [0.5, 0.6) is 11.5 Å². The minimum absolute atomic E-state index is 0.0732. The van der Waals surface area contributed by atoms with Gasteiger partial charge in [0.05, 0.1) is 20.5 Å². The number of hydrogen-bond acceptors (Lipinski definition) is 5. The summed E-state index contributed by atoms with van der Waals surface area (Å²) in [5.74, 6) is 0.490. The van der Waals surface area contributed by atoms with Crippen molar-refractivity contribution in [3.05, 3.63) is 89.5 Å². The van der Waals surface area contributed by atoms with Gasteiger partial charge in [0.2, 0.25) is 0 Å². The Bertz CT molecular complexity index is 1170. The van der Waals surface area contributed by atoms with Gasteiger partial charge in [0.15, 0.2) is 11.5 Å². The zero-order valence-corrected chi connectivity index (χ0v) is 20.8. The summed E-state index contributed by atoms with van der Waals surface area (Å²) in [7, 11) is 3.01. The number of furan rings is 1. The molecule has 1 aromatic heterocycles. The quantitative estimate of drug-likeness (QED) is 0.405. The van der Waals surface area contributed by atoms with Crippen LogP contribution in [-0.2, 0) is 10.2 Å². The number of hydrogen-bond donors (Lipinski definition) is 2. The maximum absolute atomic E-state index is 13.2. The lowest BCUT2D eigenvalue weighted by atomic mass is 9.79. The molecule has 0 aliphatic rings. The van der Waals surface area contributed by atoms with E-state index in [2.05, 4.69) is 36.6 Å². The molecule has 184 valence electrons. The summed E-state index contributed by atoms with van der Waals surface area (Å²) in [6.45, 7) is 6.23.